The van der Waals surface area contributed by atoms with Crippen LogP contribution >= 0.6 is 11.8 Å². The highest BCUT2D eigenvalue weighted by Crippen LogP contribution is 2.27. The van der Waals surface area contributed by atoms with Crippen LogP contribution in [0, 0.1) is 0 Å². The molecule has 2 amide bonds. The van der Waals surface area contributed by atoms with Crippen LogP contribution in [0.15, 0.2) is 77.7 Å². The number of rotatable bonds is 9. The summed E-state index contributed by atoms with van der Waals surface area (Å²) in [6.45, 7) is 3.84. The predicted octanol–water partition coefficient (Wildman–Crippen LogP) is 5.16. The molecule has 3 aromatic carbocycles. The molecule has 0 heterocycles. The molecule has 0 aliphatic rings. The topological polar surface area (TPSA) is 67.4 Å². The summed E-state index contributed by atoms with van der Waals surface area (Å²) in [5.41, 5.74) is 3.38. The molecule has 0 spiro atoms. The third-order valence-corrected chi connectivity index (χ3v) is 5.79. The van der Waals surface area contributed by atoms with Crippen molar-refractivity contribution < 1.29 is 14.3 Å². The quantitative estimate of drug-likeness (QED) is 0.444. The standard InChI is InChI=1S/C26H28N2O3S/c1-18(2)27-25(29)17-32-24-12-8-7-11-22(24)26(30)28-21-13-14-23(31-3)20(16-21)15-19-9-5-4-6-10-19/h4-14,16,18H,15,17H2,1-3H3,(H,27,29)(H,28,30). The van der Waals surface area contributed by atoms with E-state index >= 15 is 0 Å². The van der Waals surface area contributed by atoms with Crippen LogP contribution in [0.2, 0.25) is 0 Å². The highest BCUT2D eigenvalue weighted by molar-refractivity contribution is 8.00. The molecule has 166 valence electrons. The number of amides is 2. The van der Waals surface area contributed by atoms with Crippen LogP contribution in [-0.2, 0) is 11.2 Å². The van der Waals surface area contributed by atoms with Crippen LogP contribution in [-0.4, -0.2) is 30.7 Å². The SMILES string of the molecule is COc1ccc(NC(=O)c2ccccc2SCC(=O)NC(C)C)cc1Cc1ccccc1. The van der Waals surface area contributed by atoms with E-state index in [1.54, 1.807) is 13.2 Å². The predicted molar refractivity (Wildman–Crippen MR) is 131 cm³/mol. The average molecular weight is 449 g/mol. The van der Waals surface area contributed by atoms with Crippen LogP contribution in [0.25, 0.3) is 0 Å². The average Bonchev–Trinajstić information content (AvgIpc) is 2.78. The van der Waals surface area contributed by atoms with Gasteiger partial charge in [0.25, 0.3) is 5.91 Å². The van der Waals surface area contributed by atoms with Crippen LogP contribution in [0.1, 0.15) is 35.3 Å². The first kappa shape index (κ1) is 23.4. The van der Waals surface area contributed by atoms with Crippen molar-refractivity contribution in [3.63, 3.8) is 0 Å². The molecule has 0 unspecified atom stereocenters. The van der Waals surface area contributed by atoms with Crippen molar-refractivity contribution in [2.45, 2.75) is 31.2 Å². The Bertz CT molecular complexity index is 1070. The molecule has 0 aliphatic carbocycles. The van der Waals surface area contributed by atoms with Gasteiger partial charge in [0, 0.05) is 28.6 Å². The zero-order valence-corrected chi connectivity index (χ0v) is 19.4. The van der Waals surface area contributed by atoms with E-state index in [0.29, 0.717) is 17.7 Å². The summed E-state index contributed by atoms with van der Waals surface area (Å²) in [4.78, 5) is 25.8. The zero-order chi connectivity index (χ0) is 22.9. The fourth-order valence-corrected chi connectivity index (χ4v) is 4.16. The number of anilines is 1. The summed E-state index contributed by atoms with van der Waals surface area (Å²) < 4.78 is 5.51. The Labute approximate surface area is 193 Å². The summed E-state index contributed by atoms with van der Waals surface area (Å²) in [5, 5.41) is 5.85. The zero-order valence-electron chi connectivity index (χ0n) is 18.6. The molecule has 0 saturated carbocycles. The van der Waals surface area contributed by atoms with Crippen LogP contribution < -0.4 is 15.4 Å². The van der Waals surface area contributed by atoms with Gasteiger partial charge in [0.1, 0.15) is 5.75 Å². The molecule has 6 heteroatoms. The van der Waals surface area contributed by atoms with Gasteiger partial charge in [0.05, 0.1) is 18.4 Å². The monoisotopic (exact) mass is 448 g/mol. The van der Waals surface area contributed by atoms with E-state index in [9.17, 15) is 9.59 Å². The number of carbonyl (C=O) groups excluding carboxylic acids is 2. The molecule has 0 bridgehead atoms. The van der Waals surface area contributed by atoms with Crippen LogP contribution in [0.3, 0.4) is 0 Å². The minimum Gasteiger partial charge on any atom is -0.496 e. The van der Waals surface area contributed by atoms with Crippen molar-refractivity contribution in [2.75, 3.05) is 18.2 Å². The molecule has 0 radical (unpaired) electrons. The van der Waals surface area contributed by atoms with Gasteiger partial charge in [-0.3, -0.25) is 9.59 Å². The Morgan fingerprint density at radius 1 is 0.969 bits per heavy atom. The van der Waals surface area contributed by atoms with Gasteiger partial charge in [0.2, 0.25) is 5.91 Å². The number of hydrogen-bond donors (Lipinski definition) is 2. The highest BCUT2D eigenvalue weighted by Gasteiger charge is 2.14. The van der Waals surface area contributed by atoms with Crippen LogP contribution in [0.5, 0.6) is 5.75 Å². The number of carbonyl (C=O) groups is 2. The minimum absolute atomic E-state index is 0.0547. The second kappa shape index (κ2) is 11.4. The van der Waals surface area contributed by atoms with Crippen molar-refractivity contribution in [2.24, 2.45) is 0 Å². The Morgan fingerprint density at radius 3 is 2.41 bits per heavy atom. The summed E-state index contributed by atoms with van der Waals surface area (Å²) in [6, 6.07) is 23.2. The van der Waals surface area contributed by atoms with E-state index in [1.165, 1.54) is 11.8 Å². The second-order valence-corrected chi connectivity index (χ2v) is 8.67. The molecule has 0 atom stereocenters. The number of nitrogens with one attached hydrogen (secondary N) is 2. The highest BCUT2D eigenvalue weighted by atomic mass is 32.2. The largest absolute Gasteiger partial charge is 0.496 e. The van der Waals surface area contributed by atoms with Crippen LogP contribution in [0.4, 0.5) is 5.69 Å². The number of thioether (sulfide) groups is 1. The van der Waals surface area contributed by atoms with E-state index < -0.39 is 0 Å². The van der Waals surface area contributed by atoms with E-state index in [-0.39, 0.29) is 23.6 Å². The first-order valence-electron chi connectivity index (χ1n) is 10.5. The van der Waals surface area contributed by atoms with Crippen molar-refractivity contribution >= 4 is 29.3 Å². The van der Waals surface area contributed by atoms with Gasteiger partial charge in [-0.15, -0.1) is 11.8 Å². The Kier molecular flexibility index (Phi) is 8.34. The molecule has 2 N–H and O–H groups in total. The minimum atomic E-state index is -0.215. The summed E-state index contributed by atoms with van der Waals surface area (Å²) in [6.07, 6.45) is 0.700. The molecular weight excluding hydrogens is 420 g/mol. The normalized spacial score (nSPS) is 10.6. The molecule has 32 heavy (non-hydrogen) atoms. The summed E-state index contributed by atoms with van der Waals surface area (Å²) in [5.74, 6) is 0.764. The number of benzene rings is 3. The third-order valence-electron chi connectivity index (χ3n) is 4.72. The number of hydrogen-bond acceptors (Lipinski definition) is 4. The van der Waals surface area contributed by atoms with Crippen molar-refractivity contribution in [3.05, 3.63) is 89.5 Å². The molecular formula is C26H28N2O3S. The first-order chi connectivity index (χ1) is 15.5. The number of methoxy groups -OCH3 is 1. The molecule has 0 aliphatic heterocycles. The van der Waals surface area contributed by atoms with Crippen molar-refractivity contribution in [1.29, 1.82) is 0 Å². The Hall–Kier alpha value is -3.25. The summed E-state index contributed by atoms with van der Waals surface area (Å²) >= 11 is 1.35. The molecule has 5 nitrogen and oxygen atoms in total. The fraction of sp³-hybridized carbons (Fsp3) is 0.231. The van der Waals surface area contributed by atoms with E-state index in [2.05, 4.69) is 22.8 Å². The smallest absolute Gasteiger partial charge is 0.256 e. The summed E-state index contributed by atoms with van der Waals surface area (Å²) in [7, 11) is 1.64. The fourth-order valence-electron chi connectivity index (χ4n) is 3.30. The van der Waals surface area contributed by atoms with Crippen molar-refractivity contribution in [1.82, 2.24) is 5.32 Å². The van der Waals surface area contributed by atoms with E-state index in [1.807, 2.05) is 68.4 Å². The lowest BCUT2D eigenvalue weighted by Gasteiger charge is -2.14. The lowest BCUT2D eigenvalue weighted by Crippen LogP contribution is -2.31. The van der Waals surface area contributed by atoms with E-state index in [0.717, 1.165) is 21.8 Å². The van der Waals surface area contributed by atoms with E-state index in [4.69, 9.17) is 4.74 Å². The Balaban J connectivity index is 1.74. The van der Waals surface area contributed by atoms with Gasteiger partial charge >= 0.3 is 0 Å². The molecule has 0 aromatic heterocycles. The lowest BCUT2D eigenvalue weighted by atomic mass is 10.0. The van der Waals surface area contributed by atoms with Gasteiger partial charge < -0.3 is 15.4 Å². The molecule has 3 rings (SSSR count). The molecule has 3 aromatic rings. The number of ether oxygens (including phenoxy) is 1. The maximum atomic E-state index is 13.0. The second-order valence-electron chi connectivity index (χ2n) is 7.65. The van der Waals surface area contributed by atoms with Gasteiger partial charge in [-0.05, 0) is 49.7 Å². The molecule has 0 saturated heterocycles. The van der Waals surface area contributed by atoms with Crippen molar-refractivity contribution in [3.8, 4) is 5.75 Å². The van der Waals surface area contributed by atoms with Gasteiger partial charge in [-0.1, -0.05) is 42.5 Å². The Morgan fingerprint density at radius 2 is 1.69 bits per heavy atom. The van der Waals surface area contributed by atoms with Gasteiger partial charge in [-0.2, -0.15) is 0 Å². The maximum absolute atomic E-state index is 13.0. The third kappa shape index (κ3) is 6.62. The maximum Gasteiger partial charge on any atom is 0.256 e. The molecule has 0 fully saturated rings. The van der Waals surface area contributed by atoms with Gasteiger partial charge in [0.15, 0.2) is 0 Å². The first-order valence-corrected chi connectivity index (χ1v) is 11.5. The van der Waals surface area contributed by atoms with Gasteiger partial charge in [-0.25, -0.2) is 0 Å². The lowest BCUT2D eigenvalue weighted by molar-refractivity contribution is -0.119.